The second-order valence-electron chi connectivity index (χ2n) is 9.42. The first-order valence-corrected chi connectivity index (χ1v) is 12.0. The third kappa shape index (κ3) is 4.85. The molecule has 0 bridgehead atoms. The number of aliphatic hydroxyl groups excluding tert-OH is 1. The van der Waals surface area contributed by atoms with E-state index in [1.807, 2.05) is 6.07 Å². The fraction of sp³-hybridized carbons (Fsp3) is 0.565. The number of likely N-dealkylation sites (N-methyl/N-ethyl adjacent to an activating group) is 1. The number of fused-ring (bicyclic) bond motifs is 1. The number of anilines is 2. The first-order valence-electron chi connectivity index (χ1n) is 12.0. The minimum Gasteiger partial charge on any atom is -0.396 e. The van der Waals surface area contributed by atoms with Gasteiger partial charge in [-0.05, 0) is 44.7 Å². The average molecular weight is 489 g/mol. The van der Waals surface area contributed by atoms with Gasteiger partial charge in [-0.15, -0.1) is 0 Å². The third-order valence-electron chi connectivity index (χ3n) is 7.09. The highest BCUT2D eigenvalue weighted by Crippen LogP contribution is 2.34. The molecule has 0 spiro atoms. The first kappa shape index (κ1) is 23.6. The van der Waals surface area contributed by atoms with Crippen LogP contribution in [0.4, 0.5) is 20.3 Å². The van der Waals surface area contributed by atoms with Crippen LogP contribution in [0.3, 0.4) is 0 Å². The number of rotatable bonds is 6. The molecule has 2 aliphatic rings. The fourth-order valence-corrected chi connectivity index (χ4v) is 4.86. The average Bonchev–Trinajstić information content (AvgIpc) is 3.49. The number of nitrogens with zero attached hydrogens (tertiary/aromatic N) is 7. The Bertz CT molecular complexity index is 1180. The van der Waals surface area contributed by atoms with Crippen LogP contribution >= 0.6 is 0 Å². The smallest absolute Gasteiger partial charge is 0.284 e. The summed E-state index contributed by atoms with van der Waals surface area (Å²) >= 11 is 0. The molecule has 5 rings (SSSR count). The summed E-state index contributed by atoms with van der Waals surface area (Å²) in [6, 6.07) is 1.82. The molecule has 3 aromatic rings. The number of amides is 1. The van der Waals surface area contributed by atoms with Crippen molar-refractivity contribution in [3.8, 4) is 0 Å². The molecule has 2 fully saturated rings. The van der Waals surface area contributed by atoms with Crippen LogP contribution in [-0.4, -0.2) is 80.1 Å². The molecular formula is C23H30F2N8O2. The van der Waals surface area contributed by atoms with Gasteiger partial charge in [0.1, 0.15) is 11.4 Å². The predicted molar refractivity (Wildman–Crippen MR) is 126 cm³/mol. The Hall–Kier alpha value is -3.12. The topological polar surface area (TPSA) is 104 Å². The summed E-state index contributed by atoms with van der Waals surface area (Å²) < 4.78 is 30.6. The number of aromatic nitrogens is 5. The second kappa shape index (κ2) is 9.86. The molecular weight excluding hydrogens is 458 g/mol. The van der Waals surface area contributed by atoms with Crippen LogP contribution in [0, 0.1) is 5.92 Å². The summed E-state index contributed by atoms with van der Waals surface area (Å²) in [5.74, 6) is 0.433. The van der Waals surface area contributed by atoms with Crippen LogP contribution in [0.5, 0.6) is 0 Å². The van der Waals surface area contributed by atoms with Crippen LogP contribution in [0.2, 0.25) is 0 Å². The number of aliphatic hydroxyl groups is 1. The molecule has 4 heterocycles. The monoisotopic (exact) mass is 488 g/mol. The molecule has 0 unspecified atom stereocenters. The number of piperazine rings is 1. The zero-order valence-electron chi connectivity index (χ0n) is 19.6. The van der Waals surface area contributed by atoms with Gasteiger partial charge in [-0.3, -0.25) is 9.48 Å². The van der Waals surface area contributed by atoms with Gasteiger partial charge in [-0.2, -0.15) is 10.2 Å². The zero-order chi connectivity index (χ0) is 24.5. The largest absolute Gasteiger partial charge is 0.396 e. The first-order chi connectivity index (χ1) is 16.9. The van der Waals surface area contributed by atoms with Crippen molar-refractivity contribution in [1.82, 2.24) is 29.3 Å². The molecule has 35 heavy (non-hydrogen) atoms. The fourth-order valence-electron chi connectivity index (χ4n) is 4.86. The van der Waals surface area contributed by atoms with Crippen molar-refractivity contribution in [2.45, 2.75) is 38.2 Å². The second-order valence-corrected chi connectivity index (χ2v) is 9.42. The van der Waals surface area contributed by atoms with Crippen LogP contribution < -0.4 is 10.2 Å². The summed E-state index contributed by atoms with van der Waals surface area (Å²) in [7, 11) is 2.07. The minimum absolute atomic E-state index is 0.0103. The van der Waals surface area contributed by atoms with E-state index in [1.165, 1.54) is 21.6 Å². The van der Waals surface area contributed by atoms with Gasteiger partial charge in [0.25, 0.3) is 12.3 Å². The summed E-state index contributed by atoms with van der Waals surface area (Å²) in [5, 5.41) is 20.3. The standard InChI is InChI=1S/C23H30F2N8O2/c1-30-8-10-31(11-9-30)19-6-7-32-22(28-19)17(12-26-32)23(35)27-18-13-33(29-20(18)21(24)25)16-4-2-15(14-34)3-5-16/h6-7,12-13,15-16,21,34H,2-5,8-11,14H2,1H3,(H,27,35). The lowest BCUT2D eigenvalue weighted by Crippen LogP contribution is -2.44. The van der Waals surface area contributed by atoms with Crippen molar-refractivity contribution >= 4 is 23.1 Å². The predicted octanol–water partition coefficient (Wildman–Crippen LogP) is 2.59. The van der Waals surface area contributed by atoms with Gasteiger partial charge in [0.2, 0.25) is 0 Å². The Kier molecular flexibility index (Phi) is 6.65. The van der Waals surface area contributed by atoms with Gasteiger partial charge in [0.15, 0.2) is 11.3 Å². The van der Waals surface area contributed by atoms with Crippen molar-refractivity contribution in [3.63, 3.8) is 0 Å². The Morgan fingerprint density at radius 1 is 1.20 bits per heavy atom. The van der Waals surface area contributed by atoms with Crippen molar-refractivity contribution in [2.24, 2.45) is 5.92 Å². The lowest BCUT2D eigenvalue weighted by molar-refractivity contribution is 0.102. The van der Waals surface area contributed by atoms with Crippen molar-refractivity contribution in [1.29, 1.82) is 0 Å². The molecule has 0 radical (unpaired) electrons. The van der Waals surface area contributed by atoms with E-state index < -0.39 is 18.0 Å². The Balaban J connectivity index is 1.37. The third-order valence-corrected chi connectivity index (χ3v) is 7.09. The van der Waals surface area contributed by atoms with E-state index in [-0.39, 0.29) is 29.8 Å². The summed E-state index contributed by atoms with van der Waals surface area (Å²) in [6.07, 6.45) is 4.93. The normalized spacial score (nSPS) is 21.7. The Labute approximate surface area is 201 Å². The molecule has 1 saturated heterocycles. The summed E-state index contributed by atoms with van der Waals surface area (Å²) in [4.78, 5) is 22.2. The molecule has 1 aliphatic heterocycles. The summed E-state index contributed by atoms with van der Waals surface area (Å²) in [6.45, 7) is 3.63. The number of carbonyl (C=O) groups excluding carboxylic acids is 1. The quantitative estimate of drug-likeness (QED) is 0.550. The summed E-state index contributed by atoms with van der Waals surface area (Å²) in [5.41, 5.74) is 0.110. The number of halogens is 2. The van der Waals surface area contributed by atoms with Crippen molar-refractivity contribution < 1.29 is 18.7 Å². The van der Waals surface area contributed by atoms with E-state index in [2.05, 4.69) is 37.3 Å². The molecule has 188 valence electrons. The van der Waals surface area contributed by atoms with Crippen LogP contribution in [-0.2, 0) is 0 Å². The van der Waals surface area contributed by atoms with Gasteiger partial charge in [0.05, 0.1) is 17.9 Å². The molecule has 3 aromatic heterocycles. The maximum Gasteiger partial charge on any atom is 0.284 e. The molecule has 1 amide bonds. The maximum absolute atomic E-state index is 13.8. The van der Waals surface area contributed by atoms with Crippen LogP contribution in [0.1, 0.15) is 54.2 Å². The van der Waals surface area contributed by atoms with E-state index >= 15 is 0 Å². The highest BCUT2D eigenvalue weighted by molar-refractivity contribution is 6.08. The molecule has 0 atom stereocenters. The Morgan fingerprint density at radius 3 is 2.63 bits per heavy atom. The van der Waals surface area contributed by atoms with E-state index in [0.717, 1.165) is 57.7 Å². The molecule has 10 nitrogen and oxygen atoms in total. The van der Waals surface area contributed by atoms with Crippen molar-refractivity contribution in [3.05, 3.63) is 35.9 Å². The van der Waals surface area contributed by atoms with Crippen LogP contribution in [0.25, 0.3) is 5.65 Å². The molecule has 12 heteroatoms. The maximum atomic E-state index is 13.8. The SMILES string of the molecule is CN1CCN(c2ccn3ncc(C(=O)Nc4cn(C5CCC(CO)CC5)nc4C(F)F)c3n2)CC1. The lowest BCUT2D eigenvalue weighted by Gasteiger charge is -2.33. The zero-order valence-corrected chi connectivity index (χ0v) is 19.6. The highest BCUT2D eigenvalue weighted by atomic mass is 19.3. The van der Waals surface area contributed by atoms with E-state index in [9.17, 15) is 18.7 Å². The Morgan fingerprint density at radius 2 is 1.94 bits per heavy atom. The molecule has 0 aromatic carbocycles. The molecule has 1 aliphatic carbocycles. The minimum atomic E-state index is -2.83. The molecule has 1 saturated carbocycles. The van der Waals surface area contributed by atoms with Gasteiger partial charge in [-0.1, -0.05) is 0 Å². The van der Waals surface area contributed by atoms with Gasteiger partial charge < -0.3 is 20.2 Å². The van der Waals surface area contributed by atoms with Gasteiger partial charge in [-0.25, -0.2) is 18.3 Å². The number of hydrogen-bond donors (Lipinski definition) is 2. The number of carbonyl (C=O) groups is 1. The van der Waals surface area contributed by atoms with E-state index in [0.29, 0.717) is 5.65 Å². The van der Waals surface area contributed by atoms with Gasteiger partial charge >= 0.3 is 0 Å². The lowest BCUT2D eigenvalue weighted by atomic mass is 9.87. The van der Waals surface area contributed by atoms with E-state index in [4.69, 9.17) is 0 Å². The van der Waals surface area contributed by atoms with Gasteiger partial charge in [0, 0.05) is 45.2 Å². The number of hydrogen-bond acceptors (Lipinski definition) is 7. The van der Waals surface area contributed by atoms with Crippen molar-refractivity contribution in [2.75, 3.05) is 50.1 Å². The van der Waals surface area contributed by atoms with E-state index in [1.54, 1.807) is 6.20 Å². The number of nitrogens with one attached hydrogen (secondary N) is 1. The highest BCUT2D eigenvalue weighted by Gasteiger charge is 2.27. The van der Waals surface area contributed by atoms with Crippen LogP contribution in [0.15, 0.2) is 24.7 Å². The molecule has 2 N–H and O–H groups in total. The number of alkyl halides is 2.